The largest absolute Gasteiger partial charge is 0.494 e. The minimum Gasteiger partial charge on any atom is -0.494 e. The Bertz CT molecular complexity index is 349. The van der Waals surface area contributed by atoms with Crippen LogP contribution in [0.25, 0.3) is 0 Å². The molecule has 0 heterocycles. The van der Waals surface area contributed by atoms with Gasteiger partial charge in [-0.25, -0.2) is 0 Å². The van der Waals surface area contributed by atoms with Crippen LogP contribution in [0.5, 0.6) is 5.75 Å². The van der Waals surface area contributed by atoms with Crippen molar-refractivity contribution < 1.29 is 4.74 Å². The molecule has 1 rings (SSSR count). The smallest absolute Gasteiger partial charge is 0.119 e. The average Bonchev–Trinajstić information content (AvgIpc) is 2.29. The Labute approximate surface area is 118 Å². The first-order valence-corrected chi connectivity index (χ1v) is 7.29. The van der Waals surface area contributed by atoms with Crippen molar-refractivity contribution in [1.82, 2.24) is 5.32 Å². The molecule has 1 N–H and O–H groups in total. The number of nitrogens with one attached hydrogen (secondary N) is 1. The summed E-state index contributed by atoms with van der Waals surface area (Å²) in [4.78, 5) is 0. The highest BCUT2D eigenvalue weighted by atomic mass is 16.5. The molecule has 0 spiro atoms. The Morgan fingerprint density at radius 3 is 2.26 bits per heavy atom. The van der Waals surface area contributed by atoms with Crippen molar-refractivity contribution >= 4 is 0 Å². The molecule has 1 aromatic rings. The van der Waals surface area contributed by atoms with Crippen molar-refractivity contribution in [1.29, 1.82) is 0 Å². The SMILES string of the molecule is CC(C)CCOc1ccc(CNCC(C)(C)C)cc1. The fourth-order valence-electron chi connectivity index (χ4n) is 1.70. The molecule has 2 nitrogen and oxygen atoms in total. The molecule has 0 aromatic heterocycles. The van der Waals surface area contributed by atoms with Gasteiger partial charge in [0.1, 0.15) is 5.75 Å². The molecule has 0 aliphatic heterocycles. The number of hydrogen-bond acceptors (Lipinski definition) is 2. The lowest BCUT2D eigenvalue weighted by atomic mass is 9.97. The average molecular weight is 263 g/mol. The molecule has 0 bridgehead atoms. The van der Waals surface area contributed by atoms with Gasteiger partial charge in [-0.1, -0.05) is 46.8 Å². The highest BCUT2D eigenvalue weighted by Gasteiger charge is 2.08. The molecule has 2 heteroatoms. The second-order valence-electron chi connectivity index (χ2n) is 6.84. The Morgan fingerprint density at radius 2 is 1.74 bits per heavy atom. The molecule has 0 radical (unpaired) electrons. The number of benzene rings is 1. The van der Waals surface area contributed by atoms with Crippen LogP contribution in [0.1, 0.15) is 46.6 Å². The lowest BCUT2D eigenvalue weighted by Gasteiger charge is -2.18. The first-order valence-electron chi connectivity index (χ1n) is 7.29. The fraction of sp³-hybridized carbons (Fsp3) is 0.647. The summed E-state index contributed by atoms with van der Waals surface area (Å²) >= 11 is 0. The van der Waals surface area contributed by atoms with E-state index < -0.39 is 0 Å². The molecular formula is C17H29NO. The molecule has 0 amide bonds. The summed E-state index contributed by atoms with van der Waals surface area (Å²) in [5.74, 6) is 1.67. The van der Waals surface area contributed by atoms with E-state index in [2.05, 4.69) is 64.2 Å². The maximum Gasteiger partial charge on any atom is 0.119 e. The van der Waals surface area contributed by atoms with Crippen molar-refractivity contribution in [3.63, 3.8) is 0 Å². The molecule has 0 aliphatic rings. The molecule has 0 saturated heterocycles. The van der Waals surface area contributed by atoms with Crippen LogP contribution in [0, 0.1) is 11.3 Å². The minimum absolute atomic E-state index is 0.333. The predicted octanol–water partition coefficient (Wildman–Crippen LogP) is 4.25. The van der Waals surface area contributed by atoms with Gasteiger partial charge in [0.15, 0.2) is 0 Å². The van der Waals surface area contributed by atoms with Crippen LogP contribution in [-0.2, 0) is 6.54 Å². The molecular weight excluding hydrogens is 234 g/mol. The highest BCUT2D eigenvalue weighted by molar-refractivity contribution is 5.27. The van der Waals surface area contributed by atoms with Crippen molar-refractivity contribution in [3.05, 3.63) is 29.8 Å². The van der Waals surface area contributed by atoms with Gasteiger partial charge < -0.3 is 10.1 Å². The number of ether oxygens (including phenoxy) is 1. The van der Waals surface area contributed by atoms with Crippen LogP contribution >= 0.6 is 0 Å². The van der Waals surface area contributed by atoms with E-state index in [1.54, 1.807) is 0 Å². The van der Waals surface area contributed by atoms with Crippen molar-refractivity contribution in [3.8, 4) is 5.75 Å². The molecule has 0 saturated carbocycles. The van der Waals surface area contributed by atoms with Crippen molar-refractivity contribution in [2.24, 2.45) is 11.3 Å². The zero-order valence-electron chi connectivity index (χ0n) is 13.1. The van der Waals surface area contributed by atoms with Gasteiger partial charge in [-0.2, -0.15) is 0 Å². The van der Waals surface area contributed by atoms with Gasteiger partial charge in [0.05, 0.1) is 6.61 Å². The van der Waals surface area contributed by atoms with Crippen LogP contribution < -0.4 is 10.1 Å². The Balaban J connectivity index is 2.31. The van der Waals surface area contributed by atoms with Crippen LogP contribution in [-0.4, -0.2) is 13.2 Å². The van der Waals surface area contributed by atoms with Crippen molar-refractivity contribution in [2.75, 3.05) is 13.2 Å². The number of hydrogen-bond donors (Lipinski definition) is 1. The Morgan fingerprint density at radius 1 is 1.11 bits per heavy atom. The van der Waals surface area contributed by atoms with Crippen LogP contribution in [0.15, 0.2) is 24.3 Å². The topological polar surface area (TPSA) is 21.3 Å². The van der Waals surface area contributed by atoms with E-state index in [4.69, 9.17) is 4.74 Å². The predicted molar refractivity (Wildman–Crippen MR) is 82.6 cm³/mol. The summed E-state index contributed by atoms with van der Waals surface area (Å²) < 4.78 is 5.71. The maximum atomic E-state index is 5.71. The zero-order chi connectivity index (χ0) is 14.3. The molecule has 0 atom stereocenters. The highest BCUT2D eigenvalue weighted by Crippen LogP contribution is 2.14. The van der Waals surface area contributed by atoms with Gasteiger partial charge in [-0.3, -0.25) is 0 Å². The Kier molecular flexibility index (Phi) is 6.36. The van der Waals surface area contributed by atoms with Gasteiger partial charge in [0.25, 0.3) is 0 Å². The van der Waals surface area contributed by atoms with Crippen molar-refractivity contribution in [2.45, 2.75) is 47.6 Å². The zero-order valence-corrected chi connectivity index (χ0v) is 13.1. The molecule has 0 aliphatic carbocycles. The third-order valence-electron chi connectivity index (χ3n) is 2.87. The third kappa shape index (κ3) is 7.89. The maximum absolute atomic E-state index is 5.71. The summed E-state index contributed by atoms with van der Waals surface area (Å²) in [6.07, 6.45) is 1.11. The lowest BCUT2D eigenvalue weighted by molar-refractivity contribution is 0.289. The standard InChI is InChI=1S/C17H29NO/c1-14(2)10-11-19-16-8-6-15(7-9-16)12-18-13-17(3,4)5/h6-9,14,18H,10-13H2,1-5H3. The minimum atomic E-state index is 0.333. The van der Waals surface area contributed by atoms with E-state index in [9.17, 15) is 0 Å². The van der Waals surface area contributed by atoms with Gasteiger partial charge in [-0.05, 0) is 35.4 Å². The molecule has 1 aromatic carbocycles. The second-order valence-corrected chi connectivity index (χ2v) is 6.84. The summed E-state index contributed by atoms with van der Waals surface area (Å²) in [5, 5.41) is 3.48. The molecule has 0 fully saturated rings. The van der Waals surface area contributed by atoms with Gasteiger partial charge in [0, 0.05) is 13.1 Å². The molecule has 108 valence electrons. The van der Waals surface area contributed by atoms with E-state index in [-0.39, 0.29) is 0 Å². The van der Waals surface area contributed by atoms with E-state index in [1.807, 2.05) is 0 Å². The lowest BCUT2D eigenvalue weighted by Crippen LogP contribution is -2.26. The normalized spacial score (nSPS) is 11.9. The van der Waals surface area contributed by atoms with Gasteiger partial charge >= 0.3 is 0 Å². The summed E-state index contributed by atoms with van der Waals surface area (Å²) in [5.41, 5.74) is 1.64. The van der Waals surface area contributed by atoms with E-state index in [0.29, 0.717) is 11.3 Å². The van der Waals surface area contributed by atoms with Crippen LogP contribution in [0.4, 0.5) is 0 Å². The summed E-state index contributed by atoms with van der Waals surface area (Å²) in [7, 11) is 0. The number of rotatable bonds is 7. The van der Waals surface area contributed by atoms with E-state index in [1.165, 1.54) is 5.56 Å². The quantitative estimate of drug-likeness (QED) is 0.794. The fourth-order valence-corrected chi connectivity index (χ4v) is 1.70. The van der Waals surface area contributed by atoms with E-state index >= 15 is 0 Å². The summed E-state index contributed by atoms with van der Waals surface area (Å²) in [6.45, 7) is 13.9. The third-order valence-corrected chi connectivity index (χ3v) is 2.87. The molecule has 19 heavy (non-hydrogen) atoms. The first-order chi connectivity index (χ1) is 8.87. The summed E-state index contributed by atoms with van der Waals surface area (Å²) in [6, 6.07) is 8.41. The van der Waals surface area contributed by atoms with E-state index in [0.717, 1.165) is 31.9 Å². The van der Waals surface area contributed by atoms with Crippen LogP contribution in [0.2, 0.25) is 0 Å². The van der Waals surface area contributed by atoms with Crippen LogP contribution in [0.3, 0.4) is 0 Å². The van der Waals surface area contributed by atoms with Gasteiger partial charge in [-0.15, -0.1) is 0 Å². The monoisotopic (exact) mass is 263 g/mol. The van der Waals surface area contributed by atoms with Gasteiger partial charge in [0.2, 0.25) is 0 Å². The Hall–Kier alpha value is -1.02. The second kappa shape index (κ2) is 7.54. The first kappa shape index (κ1) is 16.0. The molecule has 0 unspecified atom stereocenters.